The van der Waals surface area contributed by atoms with Gasteiger partial charge in [-0.05, 0) is 25.0 Å². The Bertz CT molecular complexity index is 527. The average molecular weight is 281 g/mol. The second kappa shape index (κ2) is 5.71. The van der Waals surface area contributed by atoms with Crippen molar-refractivity contribution < 1.29 is 21.6 Å². The Morgan fingerprint density at radius 3 is 2.17 bits per heavy atom. The molecule has 0 aliphatic carbocycles. The van der Waals surface area contributed by atoms with E-state index in [4.69, 9.17) is 0 Å². The monoisotopic (exact) mass is 281 g/mol. The summed E-state index contributed by atoms with van der Waals surface area (Å²) in [5, 5.41) is 0. The SMILES string of the molecule is CCC(CC)NS(=O)(=O)c1ccc(F)c(F)c1F. The van der Waals surface area contributed by atoms with Crippen LogP contribution in [0.5, 0.6) is 0 Å². The van der Waals surface area contributed by atoms with Crippen LogP contribution in [0.15, 0.2) is 17.0 Å². The maximum Gasteiger partial charge on any atom is 0.243 e. The lowest BCUT2D eigenvalue weighted by Gasteiger charge is -2.15. The van der Waals surface area contributed by atoms with Gasteiger partial charge in [0.05, 0.1) is 0 Å². The molecule has 1 rings (SSSR count). The first-order chi connectivity index (χ1) is 8.33. The Balaban J connectivity index is 3.17. The molecule has 0 aliphatic heterocycles. The number of sulfonamides is 1. The molecule has 0 unspecified atom stereocenters. The zero-order valence-corrected chi connectivity index (χ0v) is 10.8. The van der Waals surface area contributed by atoms with Crippen LogP contribution in [0, 0.1) is 17.5 Å². The highest BCUT2D eigenvalue weighted by atomic mass is 32.2. The number of benzene rings is 1. The highest BCUT2D eigenvalue weighted by Crippen LogP contribution is 2.20. The zero-order valence-electron chi connectivity index (χ0n) is 10.0. The molecule has 0 amide bonds. The second-order valence-corrected chi connectivity index (χ2v) is 5.49. The van der Waals surface area contributed by atoms with Gasteiger partial charge in [0.15, 0.2) is 17.5 Å². The first kappa shape index (κ1) is 15.0. The summed E-state index contributed by atoms with van der Waals surface area (Å²) in [7, 11) is -4.19. The van der Waals surface area contributed by atoms with Gasteiger partial charge in [0.2, 0.25) is 10.0 Å². The molecule has 102 valence electrons. The lowest BCUT2D eigenvalue weighted by atomic mass is 10.2. The summed E-state index contributed by atoms with van der Waals surface area (Å²) >= 11 is 0. The van der Waals surface area contributed by atoms with Gasteiger partial charge >= 0.3 is 0 Å². The Morgan fingerprint density at radius 1 is 1.11 bits per heavy atom. The number of rotatable bonds is 5. The third-order valence-electron chi connectivity index (χ3n) is 2.60. The maximum absolute atomic E-state index is 13.4. The zero-order chi connectivity index (χ0) is 13.9. The fourth-order valence-electron chi connectivity index (χ4n) is 1.45. The molecule has 0 aliphatic rings. The van der Waals surface area contributed by atoms with Crippen LogP contribution >= 0.6 is 0 Å². The van der Waals surface area contributed by atoms with E-state index in [1.165, 1.54) is 0 Å². The van der Waals surface area contributed by atoms with Crippen LogP contribution < -0.4 is 4.72 Å². The second-order valence-electron chi connectivity index (χ2n) is 3.81. The lowest BCUT2D eigenvalue weighted by Crippen LogP contribution is -2.34. The molecule has 18 heavy (non-hydrogen) atoms. The predicted molar refractivity (Wildman–Crippen MR) is 61.0 cm³/mol. The minimum Gasteiger partial charge on any atom is -0.208 e. The first-order valence-corrected chi connectivity index (χ1v) is 6.97. The maximum atomic E-state index is 13.4. The molecule has 0 fully saturated rings. The molecule has 3 nitrogen and oxygen atoms in total. The number of hydrogen-bond acceptors (Lipinski definition) is 2. The van der Waals surface area contributed by atoms with E-state index in [1.54, 1.807) is 13.8 Å². The minimum absolute atomic E-state index is 0.373. The van der Waals surface area contributed by atoms with E-state index in [-0.39, 0.29) is 6.04 Å². The smallest absolute Gasteiger partial charge is 0.208 e. The van der Waals surface area contributed by atoms with Gasteiger partial charge in [0.1, 0.15) is 4.90 Å². The molecule has 0 aromatic heterocycles. The summed E-state index contributed by atoms with van der Waals surface area (Å²) in [5.41, 5.74) is 0. The largest absolute Gasteiger partial charge is 0.243 e. The van der Waals surface area contributed by atoms with Gasteiger partial charge in [0, 0.05) is 6.04 Å². The molecule has 1 N–H and O–H groups in total. The molecular weight excluding hydrogens is 267 g/mol. The molecule has 7 heteroatoms. The third kappa shape index (κ3) is 3.02. The van der Waals surface area contributed by atoms with Crippen LogP contribution in [-0.2, 0) is 10.0 Å². The molecule has 0 saturated carbocycles. The van der Waals surface area contributed by atoms with Crippen molar-refractivity contribution in [3.8, 4) is 0 Å². The van der Waals surface area contributed by atoms with E-state index in [9.17, 15) is 21.6 Å². The van der Waals surface area contributed by atoms with Gasteiger partial charge in [-0.1, -0.05) is 13.8 Å². The summed E-state index contributed by atoms with van der Waals surface area (Å²) in [6, 6.07) is 0.917. The molecule has 0 heterocycles. The van der Waals surface area contributed by atoms with Crippen molar-refractivity contribution in [2.75, 3.05) is 0 Å². The van der Waals surface area contributed by atoms with E-state index < -0.39 is 32.4 Å². The Morgan fingerprint density at radius 2 is 1.67 bits per heavy atom. The standard InChI is InChI=1S/C11H14F3NO2S/c1-3-7(4-2)15-18(16,17)9-6-5-8(12)10(13)11(9)14/h5-7,15H,3-4H2,1-2H3. The summed E-state index contributed by atoms with van der Waals surface area (Å²) in [6.45, 7) is 3.52. The number of hydrogen-bond donors (Lipinski definition) is 1. The molecule has 1 aromatic rings. The number of halogens is 3. The van der Waals surface area contributed by atoms with Crippen LogP contribution in [0.1, 0.15) is 26.7 Å². The van der Waals surface area contributed by atoms with Crippen LogP contribution in [-0.4, -0.2) is 14.5 Å². The van der Waals surface area contributed by atoms with Crippen molar-refractivity contribution in [1.29, 1.82) is 0 Å². The summed E-state index contributed by atoms with van der Waals surface area (Å²) in [5.74, 6) is -4.91. The van der Waals surface area contributed by atoms with Crippen LogP contribution in [0.4, 0.5) is 13.2 Å². The Labute approximate surface area is 104 Å². The van der Waals surface area contributed by atoms with Crippen molar-refractivity contribution in [2.24, 2.45) is 0 Å². The van der Waals surface area contributed by atoms with Crippen molar-refractivity contribution in [3.63, 3.8) is 0 Å². The quantitative estimate of drug-likeness (QED) is 0.843. The predicted octanol–water partition coefficient (Wildman–Crippen LogP) is 2.57. The third-order valence-corrected chi connectivity index (χ3v) is 4.13. The van der Waals surface area contributed by atoms with Gasteiger partial charge in [-0.3, -0.25) is 0 Å². The van der Waals surface area contributed by atoms with Gasteiger partial charge in [-0.2, -0.15) is 0 Å². The summed E-state index contributed by atoms with van der Waals surface area (Å²) < 4.78 is 64.9. The molecule has 0 atom stereocenters. The van der Waals surface area contributed by atoms with E-state index in [2.05, 4.69) is 4.72 Å². The molecular formula is C11H14F3NO2S. The molecule has 0 bridgehead atoms. The molecule has 0 saturated heterocycles. The van der Waals surface area contributed by atoms with Crippen LogP contribution in [0.3, 0.4) is 0 Å². The fraction of sp³-hybridized carbons (Fsp3) is 0.455. The highest BCUT2D eigenvalue weighted by Gasteiger charge is 2.25. The van der Waals surface area contributed by atoms with Crippen LogP contribution in [0.25, 0.3) is 0 Å². The summed E-state index contributed by atoms with van der Waals surface area (Å²) in [6.07, 6.45) is 1.03. The van der Waals surface area contributed by atoms with Gasteiger partial charge in [-0.25, -0.2) is 26.3 Å². The van der Waals surface area contributed by atoms with Gasteiger partial charge < -0.3 is 0 Å². The lowest BCUT2D eigenvalue weighted by molar-refractivity contribution is 0.430. The molecule has 1 aromatic carbocycles. The van der Waals surface area contributed by atoms with Crippen molar-refractivity contribution in [1.82, 2.24) is 4.72 Å². The normalized spacial score (nSPS) is 12.1. The van der Waals surface area contributed by atoms with Crippen LogP contribution in [0.2, 0.25) is 0 Å². The Kier molecular flexibility index (Phi) is 4.75. The molecule has 0 spiro atoms. The van der Waals surface area contributed by atoms with Gasteiger partial charge in [0.25, 0.3) is 0 Å². The van der Waals surface area contributed by atoms with Gasteiger partial charge in [-0.15, -0.1) is 0 Å². The van der Waals surface area contributed by atoms with Crippen molar-refractivity contribution >= 4 is 10.0 Å². The van der Waals surface area contributed by atoms with Crippen molar-refractivity contribution in [2.45, 2.75) is 37.6 Å². The van der Waals surface area contributed by atoms with E-state index >= 15 is 0 Å². The van der Waals surface area contributed by atoms with E-state index in [1.807, 2.05) is 0 Å². The summed E-state index contributed by atoms with van der Waals surface area (Å²) in [4.78, 5) is -0.881. The Hall–Kier alpha value is -1.08. The topological polar surface area (TPSA) is 46.2 Å². The average Bonchev–Trinajstić information content (AvgIpc) is 2.32. The van der Waals surface area contributed by atoms with E-state index in [0.717, 1.165) is 0 Å². The van der Waals surface area contributed by atoms with E-state index in [0.29, 0.717) is 25.0 Å². The van der Waals surface area contributed by atoms with Crippen molar-refractivity contribution in [3.05, 3.63) is 29.6 Å². The first-order valence-electron chi connectivity index (χ1n) is 5.49. The highest BCUT2D eigenvalue weighted by molar-refractivity contribution is 7.89. The number of nitrogens with one attached hydrogen (secondary N) is 1. The molecule has 0 radical (unpaired) electrons. The minimum atomic E-state index is -4.19. The fourth-order valence-corrected chi connectivity index (χ4v) is 2.93.